The Morgan fingerprint density at radius 2 is 2.00 bits per heavy atom. The lowest BCUT2D eigenvalue weighted by Gasteiger charge is -1.98. The molecule has 0 atom stereocenters. The first-order valence-corrected chi connectivity index (χ1v) is 3.80. The number of hydrogen-bond acceptors (Lipinski definition) is 1. The first kappa shape index (κ1) is 8.28. The van der Waals surface area contributed by atoms with Crippen LogP contribution < -0.4 is 0 Å². The molecule has 0 saturated carbocycles. The highest BCUT2D eigenvalue weighted by Crippen LogP contribution is 2.03. The van der Waals surface area contributed by atoms with Crippen LogP contribution in [0.15, 0.2) is 30.3 Å². The fraction of sp³-hybridized carbons (Fsp3) is 0.300. The molecule has 59 valence electrons. The minimum atomic E-state index is 0.800. The quantitative estimate of drug-likeness (QED) is 0.597. The third-order valence-electron chi connectivity index (χ3n) is 1.50. The van der Waals surface area contributed by atoms with Crippen molar-refractivity contribution < 1.29 is 4.74 Å². The van der Waals surface area contributed by atoms with Crippen molar-refractivity contribution in [2.24, 2.45) is 0 Å². The number of rotatable bonds is 4. The van der Waals surface area contributed by atoms with Gasteiger partial charge in [-0.15, -0.1) is 0 Å². The van der Waals surface area contributed by atoms with Gasteiger partial charge in [-0.2, -0.15) is 0 Å². The van der Waals surface area contributed by atoms with Crippen molar-refractivity contribution in [2.75, 3.05) is 13.7 Å². The monoisotopic (exact) mass is 149 g/mol. The Hall–Kier alpha value is -0.820. The van der Waals surface area contributed by atoms with Crippen LogP contribution in [0.4, 0.5) is 0 Å². The fourth-order valence-electron chi connectivity index (χ4n) is 0.933. The Kier molecular flexibility index (Phi) is 3.70. The van der Waals surface area contributed by atoms with Crippen LogP contribution in [0.2, 0.25) is 0 Å². The highest BCUT2D eigenvalue weighted by molar-refractivity contribution is 5.21. The molecule has 1 radical (unpaired) electrons. The van der Waals surface area contributed by atoms with E-state index < -0.39 is 0 Å². The third kappa shape index (κ3) is 3.19. The zero-order valence-corrected chi connectivity index (χ0v) is 6.79. The van der Waals surface area contributed by atoms with E-state index in [9.17, 15) is 0 Å². The van der Waals surface area contributed by atoms with Crippen molar-refractivity contribution in [1.29, 1.82) is 0 Å². The van der Waals surface area contributed by atoms with E-state index in [0.29, 0.717) is 0 Å². The molecule has 0 spiro atoms. The van der Waals surface area contributed by atoms with E-state index in [4.69, 9.17) is 4.74 Å². The lowest BCUT2D eigenvalue weighted by Crippen LogP contribution is -1.89. The van der Waals surface area contributed by atoms with Gasteiger partial charge in [0.1, 0.15) is 0 Å². The summed E-state index contributed by atoms with van der Waals surface area (Å²) in [5, 5.41) is 0. The standard InChI is InChI=1S/C10H13O/c1-11-9-5-8-10-6-3-2-4-7-10/h2-4,6-8H,5,9H2,1H3. The number of hydrogen-bond donors (Lipinski definition) is 0. The molecule has 1 nitrogen and oxygen atoms in total. The summed E-state index contributed by atoms with van der Waals surface area (Å²) in [4.78, 5) is 0. The molecule has 0 aliphatic rings. The van der Waals surface area contributed by atoms with Crippen LogP contribution in [0.25, 0.3) is 0 Å². The first-order chi connectivity index (χ1) is 5.43. The maximum atomic E-state index is 4.93. The Labute approximate surface area is 68.0 Å². The van der Waals surface area contributed by atoms with Crippen molar-refractivity contribution in [3.05, 3.63) is 42.3 Å². The van der Waals surface area contributed by atoms with Crippen molar-refractivity contribution in [3.8, 4) is 0 Å². The molecule has 0 aromatic heterocycles. The lowest BCUT2D eigenvalue weighted by atomic mass is 10.1. The van der Waals surface area contributed by atoms with Gasteiger partial charge in [-0.05, 0) is 18.4 Å². The second-order valence-electron chi connectivity index (χ2n) is 2.40. The molecule has 0 aliphatic carbocycles. The average molecular weight is 149 g/mol. The van der Waals surface area contributed by atoms with E-state index in [1.807, 2.05) is 18.2 Å². The number of benzene rings is 1. The molecule has 0 aliphatic heterocycles. The van der Waals surface area contributed by atoms with Crippen LogP contribution >= 0.6 is 0 Å². The smallest absolute Gasteiger partial charge is 0.0468 e. The first-order valence-electron chi connectivity index (χ1n) is 3.80. The summed E-state index contributed by atoms with van der Waals surface area (Å²) in [6.07, 6.45) is 3.16. The van der Waals surface area contributed by atoms with E-state index in [0.717, 1.165) is 13.0 Å². The van der Waals surface area contributed by atoms with Gasteiger partial charge in [0.15, 0.2) is 0 Å². The molecule has 0 unspecified atom stereocenters. The molecule has 1 aromatic rings. The summed E-state index contributed by atoms with van der Waals surface area (Å²) in [5.41, 5.74) is 1.27. The van der Waals surface area contributed by atoms with Crippen LogP contribution in [0, 0.1) is 6.42 Å². The van der Waals surface area contributed by atoms with Crippen LogP contribution in [-0.4, -0.2) is 13.7 Å². The van der Waals surface area contributed by atoms with Gasteiger partial charge in [0.25, 0.3) is 0 Å². The van der Waals surface area contributed by atoms with Crippen LogP contribution in [-0.2, 0) is 4.74 Å². The molecule has 11 heavy (non-hydrogen) atoms. The van der Waals surface area contributed by atoms with Crippen LogP contribution in [0.5, 0.6) is 0 Å². The second kappa shape index (κ2) is 4.91. The maximum Gasteiger partial charge on any atom is 0.0468 e. The topological polar surface area (TPSA) is 9.23 Å². The molecule has 0 heterocycles. The number of ether oxygens (including phenoxy) is 1. The zero-order valence-electron chi connectivity index (χ0n) is 6.79. The third-order valence-corrected chi connectivity index (χ3v) is 1.50. The van der Waals surface area contributed by atoms with E-state index in [2.05, 4.69) is 18.6 Å². The molecule has 0 N–H and O–H groups in total. The summed E-state index contributed by atoms with van der Waals surface area (Å²) < 4.78 is 4.93. The molecule has 1 rings (SSSR count). The molecule has 1 aromatic carbocycles. The van der Waals surface area contributed by atoms with Gasteiger partial charge in [0, 0.05) is 13.7 Å². The van der Waals surface area contributed by atoms with E-state index >= 15 is 0 Å². The summed E-state index contributed by atoms with van der Waals surface area (Å²) in [6.45, 7) is 0.800. The SMILES string of the molecule is COCC[CH]c1ccccc1. The molecular formula is C10H13O. The molecular weight excluding hydrogens is 136 g/mol. The molecule has 0 fully saturated rings. The highest BCUT2D eigenvalue weighted by atomic mass is 16.5. The minimum Gasteiger partial charge on any atom is -0.385 e. The van der Waals surface area contributed by atoms with Gasteiger partial charge in [-0.25, -0.2) is 0 Å². The predicted octanol–water partition coefficient (Wildman–Crippen LogP) is 2.28. The summed E-state index contributed by atoms with van der Waals surface area (Å²) >= 11 is 0. The van der Waals surface area contributed by atoms with Gasteiger partial charge < -0.3 is 4.74 Å². The van der Waals surface area contributed by atoms with Gasteiger partial charge >= 0.3 is 0 Å². The second-order valence-corrected chi connectivity index (χ2v) is 2.40. The van der Waals surface area contributed by atoms with E-state index in [1.54, 1.807) is 7.11 Å². The van der Waals surface area contributed by atoms with Gasteiger partial charge in [0.2, 0.25) is 0 Å². The van der Waals surface area contributed by atoms with Crippen molar-refractivity contribution in [1.82, 2.24) is 0 Å². The largest absolute Gasteiger partial charge is 0.385 e. The predicted molar refractivity (Wildman–Crippen MR) is 46.3 cm³/mol. The van der Waals surface area contributed by atoms with Gasteiger partial charge in [0.05, 0.1) is 0 Å². The summed E-state index contributed by atoms with van der Waals surface area (Å²) in [7, 11) is 1.72. The molecule has 0 bridgehead atoms. The Bertz CT molecular complexity index is 181. The lowest BCUT2D eigenvalue weighted by molar-refractivity contribution is 0.202. The van der Waals surface area contributed by atoms with Gasteiger partial charge in [-0.1, -0.05) is 30.3 Å². The summed E-state index contributed by atoms with van der Waals surface area (Å²) in [6, 6.07) is 10.3. The van der Waals surface area contributed by atoms with E-state index in [-0.39, 0.29) is 0 Å². The maximum absolute atomic E-state index is 4.93. The van der Waals surface area contributed by atoms with Gasteiger partial charge in [-0.3, -0.25) is 0 Å². The Morgan fingerprint density at radius 1 is 1.27 bits per heavy atom. The minimum absolute atomic E-state index is 0.800. The molecule has 1 heteroatoms. The Morgan fingerprint density at radius 3 is 2.64 bits per heavy atom. The van der Waals surface area contributed by atoms with E-state index in [1.165, 1.54) is 5.56 Å². The van der Waals surface area contributed by atoms with Crippen LogP contribution in [0.1, 0.15) is 12.0 Å². The van der Waals surface area contributed by atoms with Crippen molar-refractivity contribution >= 4 is 0 Å². The average Bonchev–Trinajstić information content (AvgIpc) is 2.07. The zero-order chi connectivity index (χ0) is 7.94. The fourth-order valence-corrected chi connectivity index (χ4v) is 0.933. The highest BCUT2D eigenvalue weighted by Gasteiger charge is 1.90. The Balaban J connectivity index is 2.28. The number of methoxy groups -OCH3 is 1. The normalized spacial score (nSPS) is 9.91. The van der Waals surface area contributed by atoms with Crippen LogP contribution in [0.3, 0.4) is 0 Å². The van der Waals surface area contributed by atoms with Crippen molar-refractivity contribution in [2.45, 2.75) is 6.42 Å². The van der Waals surface area contributed by atoms with Crippen molar-refractivity contribution in [3.63, 3.8) is 0 Å². The molecule has 0 saturated heterocycles. The summed E-state index contributed by atoms with van der Waals surface area (Å²) in [5.74, 6) is 0. The molecule has 0 amide bonds.